The van der Waals surface area contributed by atoms with Crippen molar-refractivity contribution in [1.29, 1.82) is 0 Å². The summed E-state index contributed by atoms with van der Waals surface area (Å²) in [5.41, 5.74) is 7.74. The van der Waals surface area contributed by atoms with Gasteiger partial charge in [-0.2, -0.15) is 10.2 Å². The number of nitrogens with zero attached hydrogens (tertiary/aromatic N) is 6. The van der Waals surface area contributed by atoms with Gasteiger partial charge >= 0.3 is 0 Å². The molecule has 0 aliphatic rings. The molecule has 2 amide bonds. The SMILES string of the molecule is CC(C)NC(=O)c1cc2ccc(-c3nc(Nc4cc5cn[nH]c5cc4-c4cc5nc(-c6ccc7cc(C(=O)NC(C)C)sc7c6)nc(Nc6ccc7[nH]ncc7c6)c5s4)c4occc4n3)cc2s1. The van der Waals surface area contributed by atoms with Gasteiger partial charge in [-0.1, -0.05) is 24.3 Å². The molecule has 68 heavy (non-hydrogen) atoms. The Kier molecular flexibility index (Phi) is 9.96. The van der Waals surface area contributed by atoms with Gasteiger partial charge < -0.3 is 25.7 Å². The molecule has 0 unspecified atom stereocenters. The molecule has 0 atom stereocenters. The Bertz CT molecular complexity index is 3970. The zero-order valence-corrected chi connectivity index (χ0v) is 39.1. The maximum absolute atomic E-state index is 12.9. The van der Waals surface area contributed by atoms with Gasteiger partial charge in [0, 0.05) is 71.3 Å². The lowest BCUT2D eigenvalue weighted by Crippen LogP contribution is -2.29. The van der Waals surface area contributed by atoms with Gasteiger partial charge in [0.2, 0.25) is 0 Å². The van der Waals surface area contributed by atoms with Crippen LogP contribution in [-0.4, -0.2) is 64.2 Å². The van der Waals surface area contributed by atoms with E-state index in [9.17, 15) is 9.59 Å². The number of hydrogen-bond acceptors (Lipinski definition) is 14. The van der Waals surface area contributed by atoms with E-state index in [4.69, 9.17) is 24.4 Å². The third-order valence-corrected chi connectivity index (χ3v) is 14.7. The highest BCUT2D eigenvalue weighted by molar-refractivity contribution is 7.23. The molecule has 0 bridgehead atoms. The molecule has 18 heteroatoms. The first kappa shape index (κ1) is 41.4. The number of furan rings is 1. The first-order chi connectivity index (χ1) is 33.0. The Morgan fingerprint density at radius 2 is 1.22 bits per heavy atom. The van der Waals surface area contributed by atoms with Crippen molar-refractivity contribution in [1.82, 2.24) is 51.0 Å². The number of H-pyrrole nitrogens is 2. The number of benzene rings is 4. The van der Waals surface area contributed by atoms with E-state index in [1.165, 1.54) is 22.7 Å². The van der Waals surface area contributed by atoms with E-state index in [1.807, 2.05) is 107 Å². The lowest BCUT2D eigenvalue weighted by atomic mass is 10.1. The van der Waals surface area contributed by atoms with Crippen molar-refractivity contribution in [2.24, 2.45) is 0 Å². The number of hydrogen-bond donors (Lipinski definition) is 6. The summed E-state index contributed by atoms with van der Waals surface area (Å²) in [6.45, 7) is 7.79. The normalized spacial score (nSPS) is 11.9. The molecule has 334 valence electrons. The molecule has 4 aromatic carbocycles. The predicted octanol–water partition coefficient (Wildman–Crippen LogP) is 12.2. The molecule has 6 N–H and O–H groups in total. The first-order valence-corrected chi connectivity index (χ1v) is 24.2. The minimum Gasteiger partial charge on any atom is -0.459 e. The van der Waals surface area contributed by atoms with E-state index < -0.39 is 0 Å². The number of carbonyl (C=O) groups is 2. The number of thiophene rings is 3. The highest BCUT2D eigenvalue weighted by Crippen LogP contribution is 2.44. The number of aromatic amines is 2. The smallest absolute Gasteiger partial charge is 0.261 e. The summed E-state index contributed by atoms with van der Waals surface area (Å²) in [7, 11) is 0. The van der Waals surface area contributed by atoms with E-state index >= 15 is 0 Å². The van der Waals surface area contributed by atoms with Crippen molar-refractivity contribution in [3.8, 4) is 33.2 Å². The summed E-state index contributed by atoms with van der Waals surface area (Å²) < 4.78 is 8.78. The van der Waals surface area contributed by atoms with Gasteiger partial charge in [-0.25, -0.2) is 19.9 Å². The number of aromatic nitrogens is 8. The lowest BCUT2D eigenvalue weighted by Gasteiger charge is -2.12. The van der Waals surface area contributed by atoms with E-state index in [0.717, 1.165) is 85.1 Å². The Labute approximate surface area is 398 Å². The number of fused-ring (bicyclic) bond motifs is 6. The molecule has 8 aromatic heterocycles. The number of rotatable bonds is 11. The molecule has 0 aliphatic carbocycles. The lowest BCUT2D eigenvalue weighted by molar-refractivity contribution is 0.0938. The number of nitrogens with one attached hydrogen (secondary N) is 6. The van der Waals surface area contributed by atoms with Crippen LogP contribution in [0, 0.1) is 0 Å². The van der Waals surface area contributed by atoms with Gasteiger partial charge in [-0.05, 0) is 99.1 Å². The summed E-state index contributed by atoms with van der Waals surface area (Å²) in [6.07, 6.45) is 5.19. The van der Waals surface area contributed by atoms with Crippen LogP contribution in [0.25, 0.3) is 96.5 Å². The molecule has 8 heterocycles. The first-order valence-electron chi connectivity index (χ1n) is 21.8. The van der Waals surface area contributed by atoms with E-state index in [-0.39, 0.29) is 23.9 Å². The van der Waals surface area contributed by atoms with Crippen molar-refractivity contribution >= 4 is 132 Å². The molecule has 12 rings (SSSR count). The second-order valence-electron chi connectivity index (χ2n) is 17.0. The van der Waals surface area contributed by atoms with Crippen LogP contribution in [0.5, 0.6) is 0 Å². The van der Waals surface area contributed by atoms with E-state index in [0.29, 0.717) is 44.1 Å². The summed E-state index contributed by atoms with van der Waals surface area (Å²) in [5.74, 6) is 1.96. The van der Waals surface area contributed by atoms with Crippen LogP contribution in [0.3, 0.4) is 0 Å². The Balaban J connectivity index is 0.959. The van der Waals surface area contributed by atoms with Crippen LogP contribution in [0.15, 0.2) is 114 Å². The summed E-state index contributed by atoms with van der Waals surface area (Å²) >= 11 is 4.44. The maximum Gasteiger partial charge on any atom is 0.261 e. The van der Waals surface area contributed by atoms with Crippen molar-refractivity contribution < 1.29 is 14.0 Å². The van der Waals surface area contributed by atoms with Crippen LogP contribution in [0.2, 0.25) is 0 Å². The second kappa shape index (κ2) is 16.4. The Morgan fingerprint density at radius 3 is 1.90 bits per heavy atom. The van der Waals surface area contributed by atoms with Crippen LogP contribution in [0.1, 0.15) is 47.0 Å². The van der Waals surface area contributed by atoms with Crippen LogP contribution >= 0.6 is 34.0 Å². The molecule has 0 radical (unpaired) electrons. The molecule has 0 saturated heterocycles. The highest BCUT2D eigenvalue weighted by Gasteiger charge is 2.22. The van der Waals surface area contributed by atoms with Crippen LogP contribution in [0.4, 0.5) is 23.0 Å². The minimum absolute atomic E-state index is 0.0272. The highest BCUT2D eigenvalue weighted by atomic mass is 32.1. The van der Waals surface area contributed by atoms with Gasteiger partial charge in [0.1, 0.15) is 5.52 Å². The standard InChI is InChI=1S/C50H38N12O3S3/c1-23(2)53-49(63)41-15-25-5-7-27(17-38(25)66-41)45-56-34-11-12-65-43(34)47(59-45)57-36-14-30-22-52-62-35(30)19-32(36)40-20-37-44(68-40)48(55-31-9-10-33-29(13-31)21-51-61-33)60-46(58-37)28-8-6-26-16-42(67-39(26)18-28)50(64)54-24(3)4/h5-24H,1-4H3,(H,51,61)(H,52,62)(H,53,63)(H,54,64)(H,55,58,60)(H,56,57,59). The Hall–Kier alpha value is -8.06. The Morgan fingerprint density at radius 1 is 0.588 bits per heavy atom. The van der Waals surface area contributed by atoms with Gasteiger partial charge in [0.15, 0.2) is 28.9 Å². The van der Waals surface area contributed by atoms with E-state index in [2.05, 4.69) is 53.8 Å². The van der Waals surface area contributed by atoms with Crippen LogP contribution in [-0.2, 0) is 0 Å². The van der Waals surface area contributed by atoms with Crippen molar-refractivity contribution in [3.05, 3.63) is 119 Å². The number of amides is 2. The van der Waals surface area contributed by atoms with Gasteiger partial charge in [-0.3, -0.25) is 19.8 Å². The molecule has 0 saturated carbocycles. The zero-order chi connectivity index (χ0) is 46.2. The fraction of sp³-hybridized carbons (Fsp3) is 0.120. The summed E-state index contributed by atoms with van der Waals surface area (Å²) in [6, 6.07) is 30.0. The zero-order valence-electron chi connectivity index (χ0n) is 36.7. The molecule has 0 fully saturated rings. The fourth-order valence-electron chi connectivity index (χ4n) is 8.17. The third kappa shape index (κ3) is 7.63. The largest absolute Gasteiger partial charge is 0.459 e. The molecule has 15 nitrogen and oxygen atoms in total. The topological polar surface area (TPSA) is 204 Å². The summed E-state index contributed by atoms with van der Waals surface area (Å²) in [5, 5.41) is 31.8. The van der Waals surface area contributed by atoms with Gasteiger partial charge in [0.05, 0.1) is 49.7 Å². The fourth-order valence-corrected chi connectivity index (χ4v) is 11.3. The quantitative estimate of drug-likeness (QED) is 0.0719. The van der Waals surface area contributed by atoms with Crippen molar-refractivity contribution in [2.45, 2.75) is 39.8 Å². The van der Waals surface area contributed by atoms with Crippen molar-refractivity contribution in [2.75, 3.05) is 10.6 Å². The van der Waals surface area contributed by atoms with Crippen molar-refractivity contribution in [3.63, 3.8) is 0 Å². The molecular weight excluding hydrogens is 913 g/mol. The molecule has 12 aromatic rings. The second-order valence-corrected chi connectivity index (χ2v) is 20.2. The minimum atomic E-state index is -0.0960. The molecule has 0 aliphatic heterocycles. The van der Waals surface area contributed by atoms with Gasteiger partial charge in [-0.15, -0.1) is 34.0 Å². The maximum atomic E-state index is 12.9. The number of anilines is 4. The monoisotopic (exact) mass is 950 g/mol. The summed E-state index contributed by atoms with van der Waals surface area (Å²) in [4.78, 5) is 48.3. The average Bonchev–Trinajstić information content (AvgIpc) is 4.18. The predicted molar refractivity (Wildman–Crippen MR) is 274 cm³/mol. The third-order valence-electron chi connectivity index (χ3n) is 11.3. The molecule has 0 spiro atoms. The van der Waals surface area contributed by atoms with Crippen LogP contribution < -0.4 is 21.3 Å². The van der Waals surface area contributed by atoms with E-state index in [1.54, 1.807) is 30.0 Å². The average molecular weight is 951 g/mol. The molecular formula is C50H38N12O3S3. The number of carbonyl (C=O) groups excluding carboxylic acids is 2. The van der Waals surface area contributed by atoms with Gasteiger partial charge in [0.25, 0.3) is 11.8 Å².